The van der Waals surface area contributed by atoms with Crippen LogP contribution in [0.5, 0.6) is 5.75 Å². The zero-order valence-corrected chi connectivity index (χ0v) is 36.1. The first-order valence-corrected chi connectivity index (χ1v) is 20.4. The highest BCUT2D eigenvalue weighted by Crippen LogP contribution is 2.53. The van der Waals surface area contributed by atoms with Crippen LogP contribution in [0.15, 0.2) is 30.3 Å². The van der Waals surface area contributed by atoms with E-state index in [1.807, 2.05) is 0 Å². The van der Waals surface area contributed by atoms with Crippen LogP contribution in [0.2, 0.25) is 0 Å². The second kappa shape index (κ2) is 15.0. The minimum Gasteiger partial charge on any atom is -0.427 e. The summed E-state index contributed by atoms with van der Waals surface area (Å²) < 4.78 is 6.04. The van der Waals surface area contributed by atoms with E-state index in [1.165, 1.54) is 50.1 Å². The van der Waals surface area contributed by atoms with Gasteiger partial charge in [-0.3, -0.25) is 0 Å². The summed E-state index contributed by atoms with van der Waals surface area (Å²) >= 11 is 0. The molecule has 3 rings (SSSR count). The Kier molecular flexibility index (Phi) is 12.7. The van der Waals surface area contributed by atoms with Crippen LogP contribution < -0.4 is 4.52 Å². The van der Waals surface area contributed by atoms with Crippen molar-refractivity contribution in [2.75, 3.05) is 0 Å². The van der Waals surface area contributed by atoms with E-state index in [4.69, 9.17) is 4.52 Å². The van der Waals surface area contributed by atoms with E-state index in [1.54, 1.807) is 0 Å². The monoisotopic (exact) mass is 703 g/mol. The van der Waals surface area contributed by atoms with E-state index in [-0.39, 0.29) is 27.1 Å². The molecule has 0 atom stereocenters. The molecule has 0 fully saturated rings. The van der Waals surface area contributed by atoms with E-state index in [2.05, 4.69) is 155 Å². The standard InChI is InChI=1S/C46H71O3P/c1-19-42(9,10)35-27-37(44(13,14)21-3)32(24-29(35)6)33-26-39(49-50(47)48)41(46(17,18)23-5)31(8)40(33)34-25-30(7)36(43(11,12)20-2)28-38(34)45(15,16)22-4/h24-28,47-48H,19-23H2,1-18H3. The highest BCUT2D eigenvalue weighted by molar-refractivity contribution is 7.39. The molecule has 0 spiro atoms. The van der Waals surface area contributed by atoms with Gasteiger partial charge in [-0.1, -0.05) is 128 Å². The summed E-state index contributed by atoms with van der Waals surface area (Å²) in [4.78, 5) is 20.7. The van der Waals surface area contributed by atoms with Gasteiger partial charge in [0.25, 0.3) is 0 Å². The Bertz CT molecular complexity index is 1690. The minimum absolute atomic E-state index is 0.0319. The fourth-order valence-corrected chi connectivity index (χ4v) is 8.03. The molecule has 50 heavy (non-hydrogen) atoms. The topological polar surface area (TPSA) is 49.7 Å². The predicted molar refractivity (Wildman–Crippen MR) is 220 cm³/mol. The maximum absolute atomic E-state index is 10.4. The molecule has 0 saturated carbocycles. The summed E-state index contributed by atoms with van der Waals surface area (Å²) in [7, 11) is -2.62. The third kappa shape index (κ3) is 8.06. The fraction of sp³-hybridized carbons (Fsp3) is 0.609. The van der Waals surface area contributed by atoms with Crippen LogP contribution in [-0.2, 0) is 27.1 Å². The predicted octanol–water partition coefficient (Wildman–Crippen LogP) is 14.0. The first kappa shape index (κ1) is 42.2. The van der Waals surface area contributed by atoms with E-state index in [9.17, 15) is 9.79 Å². The van der Waals surface area contributed by atoms with Crippen molar-refractivity contribution in [2.45, 2.75) is 184 Å². The molecule has 0 aliphatic rings. The van der Waals surface area contributed by atoms with Crippen LogP contribution in [0.25, 0.3) is 22.3 Å². The molecule has 0 unspecified atom stereocenters. The Morgan fingerprint density at radius 3 is 1.22 bits per heavy atom. The van der Waals surface area contributed by atoms with Gasteiger partial charge < -0.3 is 14.3 Å². The summed E-state index contributed by atoms with van der Waals surface area (Å²) in [5.41, 5.74) is 14.7. The molecule has 0 aromatic heterocycles. The molecule has 4 heteroatoms. The molecule has 0 radical (unpaired) electrons. The molecule has 0 heterocycles. The third-order valence-corrected chi connectivity index (χ3v) is 13.4. The third-order valence-electron chi connectivity index (χ3n) is 13.0. The Hall–Kier alpha value is -2.19. The van der Waals surface area contributed by atoms with Crippen LogP contribution in [0.1, 0.15) is 180 Å². The first-order chi connectivity index (χ1) is 22.9. The molecule has 0 amide bonds. The number of hydrogen-bond acceptors (Lipinski definition) is 3. The molecular weight excluding hydrogens is 631 g/mol. The Morgan fingerprint density at radius 2 is 0.840 bits per heavy atom. The average molecular weight is 703 g/mol. The summed E-state index contributed by atoms with van der Waals surface area (Å²) in [5.74, 6) is 0.567. The highest BCUT2D eigenvalue weighted by atomic mass is 31.2. The van der Waals surface area contributed by atoms with Gasteiger partial charge >= 0.3 is 8.60 Å². The molecule has 0 saturated heterocycles. The van der Waals surface area contributed by atoms with Gasteiger partial charge in [0.2, 0.25) is 0 Å². The summed E-state index contributed by atoms with van der Waals surface area (Å²) in [6.07, 6.45) is 4.98. The van der Waals surface area contributed by atoms with E-state index < -0.39 is 8.60 Å². The lowest BCUT2D eigenvalue weighted by Gasteiger charge is -2.36. The van der Waals surface area contributed by atoms with Crippen molar-refractivity contribution in [1.29, 1.82) is 0 Å². The molecule has 2 N–H and O–H groups in total. The Morgan fingerprint density at radius 1 is 0.480 bits per heavy atom. The normalized spacial score (nSPS) is 13.4. The van der Waals surface area contributed by atoms with Crippen molar-refractivity contribution < 1.29 is 14.3 Å². The molecule has 0 aliphatic carbocycles. The highest BCUT2D eigenvalue weighted by Gasteiger charge is 2.36. The number of rotatable bonds is 14. The van der Waals surface area contributed by atoms with Gasteiger partial charge in [-0.25, -0.2) is 0 Å². The summed E-state index contributed by atoms with van der Waals surface area (Å²) in [6.45, 7) is 41.6. The molecule has 3 aromatic rings. The average Bonchev–Trinajstić information content (AvgIpc) is 3.03. The fourth-order valence-electron chi connectivity index (χ4n) is 7.71. The minimum atomic E-state index is -2.62. The molecule has 0 bridgehead atoms. The van der Waals surface area contributed by atoms with Crippen LogP contribution in [0.4, 0.5) is 0 Å². The Balaban J connectivity index is 2.81. The summed E-state index contributed by atoms with van der Waals surface area (Å²) in [6, 6.07) is 12.0. The maximum Gasteiger partial charge on any atom is 0.391 e. The number of aryl methyl sites for hydroxylation is 2. The molecule has 0 aliphatic heterocycles. The zero-order chi connectivity index (χ0) is 38.4. The lowest BCUT2D eigenvalue weighted by atomic mass is 9.68. The SMILES string of the molecule is CCC(C)(C)c1cc(C(C)(C)CC)c(-c2cc(OP(O)O)c(C(C)(C)CC)c(C)c2-c2cc(C)c(C(C)(C)CC)cc2C(C)(C)CC)cc1C. The van der Waals surface area contributed by atoms with E-state index >= 15 is 0 Å². The first-order valence-electron chi connectivity index (χ1n) is 19.2. The van der Waals surface area contributed by atoms with E-state index in [0.29, 0.717) is 5.75 Å². The van der Waals surface area contributed by atoms with E-state index in [0.717, 1.165) is 48.8 Å². The van der Waals surface area contributed by atoms with Crippen LogP contribution in [-0.4, -0.2) is 9.79 Å². The van der Waals surface area contributed by atoms with Gasteiger partial charge in [0, 0.05) is 5.56 Å². The van der Waals surface area contributed by atoms with Crippen molar-refractivity contribution in [3.63, 3.8) is 0 Å². The molecule has 3 aromatic carbocycles. The Labute approximate surface area is 308 Å². The number of benzene rings is 3. The lowest BCUT2D eigenvalue weighted by molar-refractivity contribution is 0.367. The van der Waals surface area contributed by atoms with Crippen LogP contribution in [0.3, 0.4) is 0 Å². The van der Waals surface area contributed by atoms with Gasteiger partial charge in [-0.2, -0.15) is 0 Å². The largest absolute Gasteiger partial charge is 0.427 e. The van der Waals surface area contributed by atoms with Crippen molar-refractivity contribution in [3.05, 3.63) is 74.8 Å². The maximum atomic E-state index is 10.4. The molecule has 278 valence electrons. The van der Waals surface area contributed by atoms with Gasteiger partial charge in [-0.15, -0.1) is 0 Å². The van der Waals surface area contributed by atoms with Crippen molar-refractivity contribution >= 4 is 8.60 Å². The summed E-state index contributed by atoms with van der Waals surface area (Å²) in [5, 5.41) is 0. The molecular formula is C46H71O3P. The van der Waals surface area contributed by atoms with Gasteiger partial charge in [0.15, 0.2) is 0 Å². The second-order valence-electron chi connectivity index (χ2n) is 18.3. The van der Waals surface area contributed by atoms with Crippen LogP contribution in [0, 0.1) is 20.8 Å². The quantitative estimate of drug-likeness (QED) is 0.164. The van der Waals surface area contributed by atoms with Gasteiger partial charge in [0.1, 0.15) is 5.75 Å². The lowest BCUT2D eigenvalue weighted by Crippen LogP contribution is -2.24. The molecule has 3 nitrogen and oxygen atoms in total. The van der Waals surface area contributed by atoms with Crippen molar-refractivity contribution in [3.8, 4) is 28.0 Å². The van der Waals surface area contributed by atoms with Gasteiger partial charge in [-0.05, 0) is 147 Å². The number of hydrogen-bond donors (Lipinski definition) is 2. The smallest absolute Gasteiger partial charge is 0.391 e. The zero-order valence-electron chi connectivity index (χ0n) is 35.2. The second-order valence-corrected chi connectivity index (χ2v) is 18.9. The van der Waals surface area contributed by atoms with Gasteiger partial charge in [0.05, 0.1) is 0 Å². The van der Waals surface area contributed by atoms with Crippen LogP contribution >= 0.6 is 8.60 Å². The van der Waals surface area contributed by atoms with Crippen molar-refractivity contribution in [1.82, 2.24) is 0 Å². The van der Waals surface area contributed by atoms with Crippen molar-refractivity contribution in [2.24, 2.45) is 0 Å².